The van der Waals surface area contributed by atoms with Gasteiger partial charge in [-0.05, 0) is 13.0 Å². The number of aromatic nitrogens is 2. The van der Waals surface area contributed by atoms with Crippen LogP contribution in [0.1, 0.15) is 22.3 Å². The summed E-state index contributed by atoms with van der Waals surface area (Å²) in [7, 11) is 1.60. The number of nitrogens with zero attached hydrogens (tertiary/aromatic N) is 2. The van der Waals surface area contributed by atoms with Crippen LogP contribution in [0.5, 0.6) is 0 Å². The third kappa shape index (κ3) is 1.70. The number of methoxy groups -OCH3 is 1. The molecule has 0 spiro atoms. The van der Waals surface area contributed by atoms with Gasteiger partial charge in [-0.15, -0.1) is 11.3 Å². The molecule has 0 radical (unpaired) electrons. The summed E-state index contributed by atoms with van der Waals surface area (Å²) in [6.07, 6.45) is 0. The zero-order valence-corrected chi connectivity index (χ0v) is 9.87. The first kappa shape index (κ1) is 11.1. The van der Waals surface area contributed by atoms with Gasteiger partial charge in [-0.25, -0.2) is 4.79 Å². The van der Waals surface area contributed by atoms with Crippen LogP contribution < -0.4 is 0 Å². The summed E-state index contributed by atoms with van der Waals surface area (Å²) in [5.41, 5.74) is 0.795. The molecule has 0 saturated heterocycles. The summed E-state index contributed by atoms with van der Waals surface area (Å²) in [4.78, 5) is 12.1. The van der Waals surface area contributed by atoms with E-state index in [-0.39, 0.29) is 0 Å². The number of carbonyl (C=O) groups is 1. The predicted molar refractivity (Wildman–Crippen MR) is 61.0 cm³/mol. The first-order chi connectivity index (χ1) is 7.67. The standard InChI is InChI=1S/C10H12N2O3S/c1-3-12-9-6(7(11-12)5-15-2)4-8(16-9)10(13)14/h4H,3,5H2,1-2H3,(H,13,14). The number of aromatic carboxylic acids is 1. The van der Waals surface area contributed by atoms with E-state index < -0.39 is 5.97 Å². The van der Waals surface area contributed by atoms with E-state index in [1.807, 2.05) is 6.92 Å². The molecular weight excluding hydrogens is 228 g/mol. The van der Waals surface area contributed by atoms with E-state index in [9.17, 15) is 4.79 Å². The molecule has 2 aromatic rings. The number of hydrogen-bond donors (Lipinski definition) is 1. The second kappa shape index (κ2) is 4.23. The SMILES string of the molecule is CCn1nc(COC)c2cc(C(=O)O)sc21. The van der Waals surface area contributed by atoms with Crippen LogP contribution >= 0.6 is 11.3 Å². The maximum atomic E-state index is 10.9. The first-order valence-corrected chi connectivity index (χ1v) is 5.70. The molecule has 0 aliphatic heterocycles. The van der Waals surface area contributed by atoms with Crippen molar-refractivity contribution in [1.82, 2.24) is 9.78 Å². The summed E-state index contributed by atoms with van der Waals surface area (Å²) in [5, 5.41) is 14.2. The number of hydrogen-bond acceptors (Lipinski definition) is 4. The van der Waals surface area contributed by atoms with Gasteiger partial charge in [-0.2, -0.15) is 5.10 Å². The Labute approximate surface area is 96.3 Å². The van der Waals surface area contributed by atoms with Gasteiger partial charge in [0.1, 0.15) is 9.71 Å². The average molecular weight is 240 g/mol. The largest absolute Gasteiger partial charge is 0.477 e. The van der Waals surface area contributed by atoms with Crippen molar-refractivity contribution in [2.45, 2.75) is 20.1 Å². The molecule has 0 fully saturated rings. The molecule has 0 aliphatic carbocycles. The Morgan fingerprint density at radius 3 is 3.00 bits per heavy atom. The van der Waals surface area contributed by atoms with E-state index in [1.54, 1.807) is 17.9 Å². The van der Waals surface area contributed by atoms with Gasteiger partial charge in [-0.1, -0.05) is 0 Å². The minimum Gasteiger partial charge on any atom is -0.477 e. The smallest absolute Gasteiger partial charge is 0.345 e. The predicted octanol–water partition coefficient (Wildman–Crippen LogP) is 1.96. The second-order valence-electron chi connectivity index (χ2n) is 3.33. The number of thiophene rings is 1. The van der Waals surface area contributed by atoms with Crippen LogP contribution in [0.2, 0.25) is 0 Å². The Kier molecular flexibility index (Phi) is 2.93. The minimum absolute atomic E-state index is 0.340. The fourth-order valence-electron chi connectivity index (χ4n) is 1.59. The molecule has 2 heterocycles. The van der Waals surface area contributed by atoms with Gasteiger partial charge >= 0.3 is 5.97 Å². The topological polar surface area (TPSA) is 64.4 Å². The number of carboxylic acid groups (broad SMARTS) is 1. The molecule has 6 heteroatoms. The van der Waals surface area contributed by atoms with E-state index in [1.165, 1.54) is 11.3 Å². The van der Waals surface area contributed by atoms with Crippen molar-refractivity contribution in [1.29, 1.82) is 0 Å². The molecule has 0 aromatic carbocycles. The Hall–Kier alpha value is -1.40. The van der Waals surface area contributed by atoms with Crippen molar-refractivity contribution in [3.05, 3.63) is 16.6 Å². The molecule has 2 rings (SSSR count). The average Bonchev–Trinajstić information content (AvgIpc) is 2.78. The summed E-state index contributed by atoms with van der Waals surface area (Å²) in [6, 6.07) is 1.66. The highest BCUT2D eigenvalue weighted by Crippen LogP contribution is 2.28. The van der Waals surface area contributed by atoms with Gasteiger partial charge in [0.15, 0.2) is 0 Å². The normalized spacial score (nSPS) is 11.1. The highest BCUT2D eigenvalue weighted by Gasteiger charge is 2.16. The third-order valence-corrected chi connectivity index (χ3v) is 3.43. The van der Waals surface area contributed by atoms with E-state index >= 15 is 0 Å². The lowest BCUT2D eigenvalue weighted by molar-refractivity contribution is 0.0702. The lowest BCUT2D eigenvalue weighted by Crippen LogP contribution is -1.98. The molecule has 2 aromatic heterocycles. The Morgan fingerprint density at radius 2 is 2.44 bits per heavy atom. The van der Waals surface area contributed by atoms with Gasteiger partial charge in [0, 0.05) is 19.0 Å². The van der Waals surface area contributed by atoms with Crippen molar-refractivity contribution in [3.63, 3.8) is 0 Å². The number of carboxylic acids is 1. The molecule has 16 heavy (non-hydrogen) atoms. The van der Waals surface area contributed by atoms with E-state index in [4.69, 9.17) is 9.84 Å². The second-order valence-corrected chi connectivity index (χ2v) is 4.36. The highest BCUT2D eigenvalue weighted by atomic mass is 32.1. The summed E-state index contributed by atoms with van der Waals surface area (Å²) < 4.78 is 6.85. The molecule has 0 aliphatic rings. The molecule has 1 N–H and O–H groups in total. The number of aryl methyl sites for hydroxylation is 1. The molecule has 86 valence electrons. The number of fused-ring (bicyclic) bond motifs is 1. The van der Waals surface area contributed by atoms with E-state index in [0.29, 0.717) is 11.5 Å². The van der Waals surface area contributed by atoms with Crippen molar-refractivity contribution >= 4 is 27.5 Å². The van der Waals surface area contributed by atoms with Gasteiger partial charge in [0.05, 0.1) is 12.3 Å². The lowest BCUT2D eigenvalue weighted by Gasteiger charge is -1.95. The Morgan fingerprint density at radius 1 is 1.69 bits per heavy atom. The molecule has 0 saturated carbocycles. The van der Waals surface area contributed by atoms with E-state index in [0.717, 1.165) is 22.5 Å². The maximum Gasteiger partial charge on any atom is 0.345 e. The van der Waals surface area contributed by atoms with E-state index in [2.05, 4.69) is 5.10 Å². The van der Waals surface area contributed by atoms with Gasteiger partial charge in [-0.3, -0.25) is 4.68 Å². The van der Waals surface area contributed by atoms with Crippen LogP contribution in [0.4, 0.5) is 0 Å². The Bertz CT molecular complexity index is 529. The van der Waals surface area contributed by atoms with Crippen LogP contribution in [0.25, 0.3) is 10.2 Å². The van der Waals surface area contributed by atoms with Gasteiger partial charge < -0.3 is 9.84 Å². The summed E-state index contributed by atoms with van der Waals surface area (Å²) >= 11 is 1.25. The van der Waals surface area contributed by atoms with Crippen LogP contribution in [0, 0.1) is 0 Å². The van der Waals surface area contributed by atoms with Gasteiger partial charge in [0.25, 0.3) is 0 Å². The minimum atomic E-state index is -0.896. The third-order valence-electron chi connectivity index (χ3n) is 2.29. The first-order valence-electron chi connectivity index (χ1n) is 4.88. The molecule has 0 unspecified atom stereocenters. The highest BCUT2D eigenvalue weighted by molar-refractivity contribution is 7.20. The molecule has 0 atom stereocenters. The van der Waals surface area contributed by atoms with Crippen LogP contribution in [-0.2, 0) is 17.9 Å². The quantitative estimate of drug-likeness (QED) is 0.887. The van der Waals surface area contributed by atoms with Gasteiger partial charge in [0.2, 0.25) is 0 Å². The molecular formula is C10H12N2O3S. The van der Waals surface area contributed by atoms with Crippen LogP contribution in [-0.4, -0.2) is 28.0 Å². The monoisotopic (exact) mass is 240 g/mol. The summed E-state index contributed by atoms with van der Waals surface area (Å²) in [5.74, 6) is -0.896. The van der Waals surface area contributed by atoms with Crippen molar-refractivity contribution in [3.8, 4) is 0 Å². The molecule has 5 nitrogen and oxygen atoms in total. The number of rotatable bonds is 4. The van der Waals surface area contributed by atoms with Crippen molar-refractivity contribution in [2.24, 2.45) is 0 Å². The lowest BCUT2D eigenvalue weighted by atomic mass is 10.3. The number of ether oxygens (including phenoxy) is 1. The molecule has 0 bridgehead atoms. The fraction of sp³-hybridized carbons (Fsp3) is 0.400. The van der Waals surface area contributed by atoms with Crippen LogP contribution in [0.15, 0.2) is 6.07 Å². The zero-order valence-electron chi connectivity index (χ0n) is 9.06. The zero-order chi connectivity index (χ0) is 11.7. The van der Waals surface area contributed by atoms with Crippen molar-refractivity contribution in [2.75, 3.05) is 7.11 Å². The summed E-state index contributed by atoms with van der Waals surface area (Å²) in [6.45, 7) is 3.10. The van der Waals surface area contributed by atoms with Crippen LogP contribution in [0.3, 0.4) is 0 Å². The maximum absolute atomic E-state index is 10.9. The Balaban J connectivity index is 2.59. The molecule has 0 amide bonds. The fourth-order valence-corrected chi connectivity index (χ4v) is 2.62. The van der Waals surface area contributed by atoms with Crippen molar-refractivity contribution < 1.29 is 14.6 Å².